The molecule has 8 heteroatoms. The molecule has 20 heavy (non-hydrogen) atoms. The Hall–Kier alpha value is -1.64. The Morgan fingerprint density at radius 2 is 2.15 bits per heavy atom. The quantitative estimate of drug-likeness (QED) is 0.707. The Balaban J connectivity index is 1.98. The molecular weight excluding hydrogens is 280 g/mol. The molecule has 0 unspecified atom stereocenters. The average molecular weight is 298 g/mol. The van der Waals surface area contributed by atoms with E-state index in [1.807, 2.05) is 13.8 Å². The van der Waals surface area contributed by atoms with Gasteiger partial charge in [0.15, 0.2) is 0 Å². The number of hydrogen-bond donors (Lipinski definition) is 3. The van der Waals surface area contributed by atoms with Crippen LogP contribution in [0, 0.1) is 0 Å². The molecule has 110 valence electrons. The molecule has 0 atom stereocenters. The number of rotatable bonds is 7. The number of aromatic nitrogens is 2. The summed E-state index contributed by atoms with van der Waals surface area (Å²) in [6, 6.07) is 3.41. The third-order valence-corrected chi connectivity index (χ3v) is 3.87. The second-order valence-electron chi connectivity index (χ2n) is 4.66. The molecule has 0 bridgehead atoms. The Morgan fingerprint density at radius 1 is 1.35 bits per heavy atom. The predicted octanol–water partition coefficient (Wildman–Crippen LogP) is 0.979. The fourth-order valence-corrected chi connectivity index (χ4v) is 2.48. The maximum atomic E-state index is 12.0. The van der Waals surface area contributed by atoms with Crippen molar-refractivity contribution in [2.45, 2.75) is 38.1 Å². The van der Waals surface area contributed by atoms with Gasteiger partial charge in [0.25, 0.3) is 10.0 Å². The molecule has 2 heterocycles. The summed E-state index contributed by atoms with van der Waals surface area (Å²) in [5, 5.41) is 3.07. The van der Waals surface area contributed by atoms with Gasteiger partial charge in [-0.2, -0.15) is 0 Å². The third kappa shape index (κ3) is 3.92. The van der Waals surface area contributed by atoms with E-state index >= 15 is 0 Å². The zero-order valence-electron chi connectivity index (χ0n) is 11.4. The predicted molar refractivity (Wildman–Crippen MR) is 73.3 cm³/mol. The highest BCUT2D eigenvalue weighted by molar-refractivity contribution is 7.89. The van der Waals surface area contributed by atoms with Gasteiger partial charge in [-0.25, -0.2) is 18.1 Å². The van der Waals surface area contributed by atoms with Crippen LogP contribution in [0.5, 0.6) is 0 Å². The van der Waals surface area contributed by atoms with Crippen molar-refractivity contribution >= 4 is 10.0 Å². The molecule has 3 N–H and O–H groups in total. The van der Waals surface area contributed by atoms with Crippen LogP contribution in [0.4, 0.5) is 0 Å². The highest BCUT2D eigenvalue weighted by atomic mass is 32.2. The van der Waals surface area contributed by atoms with E-state index in [0.717, 1.165) is 0 Å². The summed E-state index contributed by atoms with van der Waals surface area (Å²) in [5.74, 6) is 0.584. The fourth-order valence-electron chi connectivity index (χ4n) is 1.53. The molecule has 0 radical (unpaired) electrons. The van der Waals surface area contributed by atoms with Crippen LogP contribution in [-0.2, 0) is 23.1 Å². The van der Waals surface area contributed by atoms with E-state index in [-0.39, 0.29) is 11.6 Å². The Morgan fingerprint density at radius 3 is 2.80 bits per heavy atom. The van der Waals surface area contributed by atoms with Gasteiger partial charge in [0, 0.05) is 17.9 Å². The van der Waals surface area contributed by atoms with Crippen LogP contribution in [0.25, 0.3) is 0 Å². The van der Waals surface area contributed by atoms with E-state index in [0.29, 0.717) is 24.0 Å². The highest BCUT2D eigenvalue weighted by Gasteiger charge is 2.18. The maximum absolute atomic E-state index is 12.0. The van der Waals surface area contributed by atoms with E-state index < -0.39 is 10.0 Å². The van der Waals surface area contributed by atoms with Gasteiger partial charge in [0.05, 0.1) is 19.4 Å². The van der Waals surface area contributed by atoms with E-state index in [9.17, 15) is 8.42 Å². The first kappa shape index (κ1) is 14.8. The number of hydrogen-bond acceptors (Lipinski definition) is 5. The minimum absolute atomic E-state index is 0.0856. The molecule has 0 aliphatic heterocycles. The van der Waals surface area contributed by atoms with Crippen molar-refractivity contribution in [2.75, 3.05) is 0 Å². The average Bonchev–Trinajstić information content (AvgIpc) is 3.05. The van der Waals surface area contributed by atoms with Gasteiger partial charge in [0.1, 0.15) is 5.76 Å². The number of nitrogens with one attached hydrogen (secondary N) is 3. The number of furan rings is 1. The molecule has 0 saturated carbocycles. The zero-order valence-corrected chi connectivity index (χ0v) is 12.2. The van der Waals surface area contributed by atoms with Crippen molar-refractivity contribution in [1.29, 1.82) is 0 Å². The monoisotopic (exact) mass is 298 g/mol. The normalized spacial score (nSPS) is 12.2. The van der Waals surface area contributed by atoms with E-state index in [1.54, 1.807) is 12.3 Å². The standard InChI is InChI=1S/C12H18N4O3S/c1-9(2)14-7-11-3-4-12(19-11)20(17,18)16-6-10-5-13-8-15-10/h3-5,8-9,14,16H,6-7H2,1-2H3,(H,13,15). The summed E-state index contributed by atoms with van der Waals surface area (Å²) in [5.41, 5.74) is 0.682. The van der Waals surface area contributed by atoms with Crippen LogP contribution < -0.4 is 10.0 Å². The summed E-state index contributed by atoms with van der Waals surface area (Å²) in [6.07, 6.45) is 3.05. The first-order valence-corrected chi connectivity index (χ1v) is 7.75. The first-order valence-electron chi connectivity index (χ1n) is 6.26. The maximum Gasteiger partial charge on any atom is 0.274 e. The van der Waals surface area contributed by atoms with Crippen molar-refractivity contribution in [3.8, 4) is 0 Å². The number of imidazole rings is 1. The largest absolute Gasteiger partial charge is 0.447 e. The number of nitrogens with zero attached hydrogens (tertiary/aromatic N) is 1. The van der Waals surface area contributed by atoms with Crippen molar-refractivity contribution in [1.82, 2.24) is 20.0 Å². The van der Waals surface area contributed by atoms with Crippen molar-refractivity contribution in [3.05, 3.63) is 36.1 Å². The lowest BCUT2D eigenvalue weighted by atomic mass is 10.3. The van der Waals surface area contributed by atoms with E-state index in [4.69, 9.17) is 4.42 Å². The van der Waals surface area contributed by atoms with Gasteiger partial charge in [-0.1, -0.05) is 13.8 Å². The lowest BCUT2D eigenvalue weighted by Crippen LogP contribution is -2.23. The number of aromatic amines is 1. The van der Waals surface area contributed by atoms with Gasteiger partial charge in [-0.15, -0.1) is 0 Å². The van der Waals surface area contributed by atoms with Crippen LogP contribution in [0.1, 0.15) is 25.3 Å². The van der Waals surface area contributed by atoms with Gasteiger partial charge in [0.2, 0.25) is 5.09 Å². The Bertz CT molecular complexity index is 631. The van der Waals surface area contributed by atoms with Gasteiger partial charge in [-0.3, -0.25) is 0 Å². The summed E-state index contributed by atoms with van der Waals surface area (Å²) < 4.78 is 31.8. The molecular formula is C12H18N4O3S. The highest BCUT2D eigenvalue weighted by Crippen LogP contribution is 2.14. The first-order chi connectivity index (χ1) is 9.47. The van der Waals surface area contributed by atoms with Crippen LogP contribution in [-0.4, -0.2) is 24.4 Å². The second-order valence-corrected chi connectivity index (χ2v) is 6.36. The molecule has 0 amide bonds. The molecule has 2 aromatic heterocycles. The second kappa shape index (κ2) is 6.21. The Kier molecular flexibility index (Phi) is 4.58. The molecule has 0 aliphatic carbocycles. The molecule has 2 rings (SSSR count). The number of H-pyrrole nitrogens is 1. The lowest BCUT2D eigenvalue weighted by Gasteiger charge is -2.05. The van der Waals surface area contributed by atoms with Crippen molar-refractivity contribution in [2.24, 2.45) is 0 Å². The minimum atomic E-state index is -3.65. The molecule has 2 aromatic rings. The molecule has 0 aliphatic rings. The fraction of sp³-hybridized carbons (Fsp3) is 0.417. The third-order valence-electron chi connectivity index (χ3n) is 2.59. The lowest BCUT2D eigenvalue weighted by molar-refractivity contribution is 0.393. The number of sulfonamides is 1. The zero-order chi connectivity index (χ0) is 14.6. The molecule has 0 spiro atoms. The van der Waals surface area contributed by atoms with Gasteiger partial charge in [-0.05, 0) is 12.1 Å². The van der Waals surface area contributed by atoms with Gasteiger partial charge >= 0.3 is 0 Å². The Labute approximate surface area is 117 Å². The van der Waals surface area contributed by atoms with Crippen molar-refractivity contribution < 1.29 is 12.8 Å². The summed E-state index contributed by atoms with van der Waals surface area (Å²) >= 11 is 0. The van der Waals surface area contributed by atoms with Gasteiger partial charge < -0.3 is 14.7 Å². The summed E-state index contributed by atoms with van der Waals surface area (Å²) in [7, 11) is -3.65. The van der Waals surface area contributed by atoms with Crippen LogP contribution in [0.3, 0.4) is 0 Å². The van der Waals surface area contributed by atoms with E-state index in [2.05, 4.69) is 20.0 Å². The molecule has 7 nitrogen and oxygen atoms in total. The van der Waals surface area contributed by atoms with Crippen LogP contribution in [0.15, 0.2) is 34.2 Å². The topological polar surface area (TPSA) is 100 Å². The SMILES string of the molecule is CC(C)NCc1ccc(S(=O)(=O)NCc2cnc[nH]2)o1. The van der Waals surface area contributed by atoms with Crippen LogP contribution >= 0.6 is 0 Å². The summed E-state index contributed by atoms with van der Waals surface area (Å²) in [6.45, 7) is 4.65. The van der Waals surface area contributed by atoms with Crippen LogP contribution in [0.2, 0.25) is 0 Å². The summed E-state index contributed by atoms with van der Waals surface area (Å²) in [4.78, 5) is 6.64. The van der Waals surface area contributed by atoms with Crippen molar-refractivity contribution in [3.63, 3.8) is 0 Å². The minimum Gasteiger partial charge on any atom is -0.447 e. The van der Waals surface area contributed by atoms with E-state index in [1.165, 1.54) is 12.4 Å². The molecule has 0 fully saturated rings. The smallest absolute Gasteiger partial charge is 0.274 e. The molecule has 0 aromatic carbocycles. The molecule has 0 saturated heterocycles.